The Balaban J connectivity index is 1.27. The van der Waals surface area contributed by atoms with E-state index in [1.807, 2.05) is 37.4 Å². The summed E-state index contributed by atoms with van der Waals surface area (Å²) in [6.07, 6.45) is 6.72. The number of anilines is 2. The summed E-state index contributed by atoms with van der Waals surface area (Å²) < 4.78 is 43.5. The Labute approximate surface area is 228 Å². The van der Waals surface area contributed by atoms with Gasteiger partial charge in [0.15, 0.2) is 0 Å². The van der Waals surface area contributed by atoms with Crippen LogP contribution in [0.1, 0.15) is 37.2 Å². The molecule has 3 aromatic rings. The second-order valence-electron chi connectivity index (χ2n) is 10.9. The highest BCUT2D eigenvalue weighted by Gasteiger charge is 2.45. The van der Waals surface area contributed by atoms with Gasteiger partial charge >= 0.3 is 0 Å². The molecule has 1 aliphatic carbocycles. The van der Waals surface area contributed by atoms with Crippen LogP contribution >= 0.6 is 0 Å². The number of piperidine rings is 1. The van der Waals surface area contributed by atoms with Gasteiger partial charge in [-0.25, -0.2) is 27.6 Å². The second-order valence-corrected chi connectivity index (χ2v) is 12.2. The SMILES string of the molecule is Cc1cc(-c2cn(-c3ccc(NS(=O)CCO)cc3N3CCC4(CC3)CC4)nn2)nc(CN2CC(F)(F)C2)n1. The zero-order valence-electron chi connectivity index (χ0n) is 21.8. The van der Waals surface area contributed by atoms with Crippen molar-refractivity contribution in [3.63, 3.8) is 0 Å². The quantitative estimate of drug-likeness (QED) is 0.412. The average Bonchev–Trinajstić information content (AvgIpc) is 3.43. The minimum atomic E-state index is -2.64. The molecular weight excluding hydrogens is 526 g/mol. The van der Waals surface area contributed by atoms with Crippen LogP contribution in [-0.4, -0.2) is 83.6 Å². The van der Waals surface area contributed by atoms with Gasteiger partial charge in [0.05, 0.1) is 55.3 Å². The number of nitrogens with zero attached hydrogens (tertiary/aromatic N) is 7. The Morgan fingerprint density at radius 1 is 1.05 bits per heavy atom. The van der Waals surface area contributed by atoms with Crippen molar-refractivity contribution in [3.8, 4) is 17.1 Å². The molecule has 208 valence electrons. The molecule has 3 fully saturated rings. The molecule has 4 heterocycles. The van der Waals surface area contributed by atoms with Gasteiger partial charge in [-0.05, 0) is 62.3 Å². The van der Waals surface area contributed by atoms with Crippen molar-refractivity contribution < 1.29 is 18.1 Å². The van der Waals surface area contributed by atoms with Crippen LogP contribution in [0.4, 0.5) is 20.2 Å². The molecule has 0 bridgehead atoms. The molecule has 1 saturated carbocycles. The molecular formula is C26H32F2N8O2S. The number of hydrogen-bond acceptors (Lipinski definition) is 8. The van der Waals surface area contributed by atoms with Gasteiger partial charge in [-0.2, -0.15) is 0 Å². The number of aliphatic hydroxyl groups excluding tert-OH is 1. The number of alkyl halides is 2. The number of aliphatic hydroxyl groups is 1. The zero-order valence-corrected chi connectivity index (χ0v) is 22.6. The van der Waals surface area contributed by atoms with Crippen LogP contribution in [0.2, 0.25) is 0 Å². The topological polar surface area (TPSA) is 112 Å². The third-order valence-electron chi connectivity index (χ3n) is 7.78. The molecule has 2 aliphatic heterocycles. The molecule has 1 atom stereocenters. The number of halogens is 2. The van der Waals surface area contributed by atoms with E-state index in [2.05, 4.69) is 29.9 Å². The van der Waals surface area contributed by atoms with Crippen molar-refractivity contribution in [2.45, 2.75) is 45.1 Å². The Morgan fingerprint density at radius 2 is 1.82 bits per heavy atom. The number of aryl methyl sites for hydroxylation is 1. The summed E-state index contributed by atoms with van der Waals surface area (Å²) in [6.45, 7) is 3.24. The van der Waals surface area contributed by atoms with E-state index in [0.717, 1.165) is 43.0 Å². The van der Waals surface area contributed by atoms with Crippen LogP contribution in [0.5, 0.6) is 0 Å². The highest BCUT2D eigenvalue weighted by atomic mass is 32.2. The van der Waals surface area contributed by atoms with Gasteiger partial charge in [-0.1, -0.05) is 5.21 Å². The first-order valence-electron chi connectivity index (χ1n) is 13.2. The molecule has 2 saturated heterocycles. The predicted octanol–water partition coefficient (Wildman–Crippen LogP) is 2.93. The summed E-state index contributed by atoms with van der Waals surface area (Å²) >= 11 is 0. The molecule has 13 heteroatoms. The number of benzene rings is 1. The highest BCUT2D eigenvalue weighted by Crippen LogP contribution is 2.54. The van der Waals surface area contributed by atoms with Crippen molar-refractivity contribution >= 4 is 22.4 Å². The minimum Gasteiger partial charge on any atom is -0.395 e. The summed E-state index contributed by atoms with van der Waals surface area (Å²) in [6, 6.07) is 7.56. The zero-order chi connectivity index (χ0) is 27.2. The lowest BCUT2D eigenvalue weighted by atomic mass is 9.93. The number of aromatic nitrogens is 5. The normalized spacial score (nSPS) is 20.6. The van der Waals surface area contributed by atoms with Gasteiger partial charge in [-0.3, -0.25) is 4.90 Å². The van der Waals surface area contributed by atoms with Crippen LogP contribution in [0.15, 0.2) is 30.5 Å². The van der Waals surface area contributed by atoms with Crippen LogP contribution in [0.3, 0.4) is 0 Å². The maximum atomic E-state index is 13.3. The van der Waals surface area contributed by atoms with Crippen molar-refractivity contribution in [2.24, 2.45) is 5.41 Å². The Bertz CT molecular complexity index is 1380. The lowest BCUT2D eigenvalue weighted by Crippen LogP contribution is -2.55. The first kappa shape index (κ1) is 26.2. The van der Waals surface area contributed by atoms with Crippen molar-refractivity contribution in [1.29, 1.82) is 0 Å². The Hall–Kier alpha value is -3.03. The van der Waals surface area contributed by atoms with Crippen molar-refractivity contribution in [3.05, 3.63) is 42.0 Å². The van der Waals surface area contributed by atoms with Gasteiger partial charge in [0, 0.05) is 24.5 Å². The van der Waals surface area contributed by atoms with Crippen LogP contribution < -0.4 is 9.62 Å². The van der Waals surface area contributed by atoms with Crippen molar-refractivity contribution in [2.75, 3.05) is 48.2 Å². The number of hydrogen-bond donors (Lipinski definition) is 2. The molecule has 1 spiro atoms. The molecule has 1 unspecified atom stereocenters. The predicted molar refractivity (Wildman–Crippen MR) is 144 cm³/mol. The van der Waals surface area contributed by atoms with Crippen molar-refractivity contribution in [1.82, 2.24) is 29.9 Å². The first-order chi connectivity index (χ1) is 18.7. The fourth-order valence-electron chi connectivity index (χ4n) is 5.45. The molecule has 10 nitrogen and oxygen atoms in total. The molecule has 0 amide bonds. The van der Waals surface area contributed by atoms with Gasteiger partial charge < -0.3 is 14.7 Å². The lowest BCUT2D eigenvalue weighted by molar-refractivity contribution is -0.134. The van der Waals surface area contributed by atoms with E-state index in [1.165, 1.54) is 12.8 Å². The summed E-state index contributed by atoms with van der Waals surface area (Å²) in [5.41, 5.74) is 4.90. The van der Waals surface area contributed by atoms with Gasteiger partial charge in [0.1, 0.15) is 22.5 Å². The third kappa shape index (κ3) is 5.80. The van der Waals surface area contributed by atoms with Crippen LogP contribution in [0.25, 0.3) is 17.1 Å². The summed E-state index contributed by atoms with van der Waals surface area (Å²) in [5.74, 6) is -2.01. The number of rotatable bonds is 9. The van der Waals surface area contributed by atoms with Gasteiger partial charge in [0.2, 0.25) is 0 Å². The highest BCUT2D eigenvalue weighted by molar-refractivity contribution is 7.86. The van der Waals surface area contributed by atoms with E-state index in [9.17, 15) is 13.0 Å². The van der Waals surface area contributed by atoms with E-state index in [0.29, 0.717) is 28.3 Å². The van der Waals surface area contributed by atoms with Gasteiger partial charge in [-0.15, -0.1) is 5.10 Å². The van der Waals surface area contributed by atoms with E-state index in [4.69, 9.17) is 5.11 Å². The van der Waals surface area contributed by atoms with E-state index >= 15 is 0 Å². The van der Waals surface area contributed by atoms with E-state index < -0.39 is 16.9 Å². The molecule has 1 aromatic carbocycles. The minimum absolute atomic E-state index is 0.149. The molecule has 39 heavy (non-hydrogen) atoms. The summed E-state index contributed by atoms with van der Waals surface area (Å²) in [5, 5.41) is 17.9. The molecule has 0 radical (unpaired) electrons. The third-order valence-corrected chi connectivity index (χ3v) is 8.80. The standard InChI is InChI=1S/C26H32F2N8O2S/c1-18-12-20(30-24(29-18)15-34-16-26(27,28)17-34)21-14-36(33-31-21)22-3-2-19(32-39(38)11-10-37)13-23(22)35-8-6-25(4-5-25)7-9-35/h2-3,12-14,32,37H,4-11,15-17H2,1H3. The number of likely N-dealkylation sites (tertiary alicyclic amines) is 1. The first-order valence-corrected chi connectivity index (χ1v) is 14.6. The molecule has 3 aliphatic rings. The Morgan fingerprint density at radius 3 is 2.51 bits per heavy atom. The molecule has 2 N–H and O–H groups in total. The van der Waals surface area contributed by atoms with E-state index in [-0.39, 0.29) is 32.0 Å². The van der Waals surface area contributed by atoms with Crippen LogP contribution in [0, 0.1) is 12.3 Å². The maximum Gasteiger partial charge on any atom is 0.272 e. The summed E-state index contributed by atoms with van der Waals surface area (Å²) in [7, 11) is -1.38. The molecule has 6 rings (SSSR count). The van der Waals surface area contributed by atoms with Gasteiger partial charge in [0.25, 0.3) is 5.92 Å². The fraction of sp³-hybridized carbons (Fsp3) is 0.538. The summed E-state index contributed by atoms with van der Waals surface area (Å²) in [4.78, 5) is 13.0. The smallest absolute Gasteiger partial charge is 0.272 e. The van der Waals surface area contributed by atoms with Crippen LogP contribution in [-0.2, 0) is 17.5 Å². The van der Waals surface area contributed by atoms with E-state index in [1.54, 1.807) is 9.58 Å². The molecule has 2 aromatic heterocycles. The Kier molecular flexibility index (Phi) is 6.84. The monoisotopic (exact) mass is 558 g/mol. The largest absolute Gasteiger partial charge is 0.395 e. The maximum absolute atomic E-state index is 13.3. The fourth-order valence-corrected chi connectivity index (χ4v) is 6.11. The lowest BCUT2D eigenvalue weighted by Gasteiger charge is -2.38. The average molecular weight is 559 g/mol. The number of nitrogens with one attached hydrogen (secondary N) is 1. The second kappa shape index (κ2) is 10.2.